The average molecular weight is 262 g/mol. The molecule has 0 aliphatic heterocycles. The number of benzene rings is 1. The molecule has 0 spiro atoms. The highest BCUT2D eigenvalue weighted by molar-refractivity contribution is 7.98. The van der Waals surface area contributed by atoms with Gasteiger partial charge in [0.2, 0.25) is 5.89 Å². The minimum absolute atomic E-state index is 0.624. The van der Waals surface area contributed by atoms with Gasteiger partial charge in [-0.25, -0.2) is 0 Å². The lowest BCUT2D eigenvalue weighted by Crippen LogP contribution is -1.87. The zero-order valence-electron chi connectivity index (χ0n) is 10.1. The van der Waals surface area contributed by atoms with Crippen LogP contribution in [0, 0.1) is 0 Å². The molecule has 1 aromatic carbocycles. The quantitative estimate of drug-likeness (QED) is 0.591. The molecule has 0 atom stereocenters. The Morgan fingerprint density at radius 3 is 3.11 bits per heavy atom. The first-order valence-electron chi connectivity index (χ1n) is 5.81. The lowest BCUT2D eigenvalue weighted by atomic mass is 10.2. The van der Waals surface area contributed by atoms with Crippen LogP contribution in [-0.4, -0.2) is 16.4 Å². The fourth-order valence-corrected chi connectivity index (χ4v) is 2.30. The van der Waals surface area contributed by atoms with Crippen molar-refractivity contribution in [2.24, 2.45) is 0 Å². The molecule has 18 heavy (non-hydrogen) atoms. The Labute approximate surface area is 110 Å². The van der Waals surface area contributed by atoms with Crippen molar-refractivity contribution >= 4 is 18.0 Å². The molecule has 0 fully saturated rings. The number of rotatable bonds is 6. The highest BCUT2D eigenvalue weighted by Gasteiger charge is 2.06. The van der Waals surface area contributed by atoms with Crippen molar-refractivity contribution in [2.75, 3.05) is 0 Å². The Bertz CT molecular complexity index is 525. The number of hydrogen-bond donors (Lipinski definition) is 0. The zero-order chi connectivity index (χ0) is 12.8. The number of aldehydes is 1. The molecule has 5 heteroatoms. The average Bonchev–Trinajstić information content (AvgIpc) is 2.85. The molecule has 0 unspecified atom stereocenters. The van der Waals surface area contributed by atoms with E-state index < -0.39 is 0 Å². The molecule has 0 aliphatic rings. The Kier molecular flexibility index (Phi) is 4.52. The number of aryl methyl sites for hydroxylation is 1. The standard InChI is InChI=1S/C13H14N2O2S/c1-2-4-12-14-13(17-15-12)9-18-11-6-3-5-10(7-11)8-16/h3,5-8H,2,4,9H2,1H3. The summed E-state index contributed by atoms with van der Waals surface area (Å²) in [6, 6.07) is 7.45. The summed E-state index contributed by atoms with van der Waals surface area (Å²) in [6.07, 6.45) is 2.69. The van der Waals surface area contributed by atoms with Crippen molar-refractivity contribution in [3.05, 3.63) is 41.5 Å². The van der Waals surface area contributed by atoms with E-state index in [1.807, 2.05) is 18.2 Å². The van der Waals surface area contributed by atoms with Gasteiger partial charge in [0.1, 0.15) is 6.29 Å². The second-order valence-electron chi connectivity index (χ2n) is 3.83. The van der Waals surface area contributed by atoms with E-state index >= 15 is 0 Å². The summed E-state index contributed by atoms with van der Waals surface area (Å²) < 4.78 is 5.14. The van der Waals surface area contributed by atoms with Crippen LogP contribution in [0.1, 0.15) is 35.4 Å². The Morgan fingerprint density at radius 2 is 2.33 bits per heavy atom. The number of thioether (sulfide) groups is 1. The first kappa shape index (κ1) is 12.8. The maximum Gasteiger partial charge on any atom is 0.237 e. The van der Waals surface area contributed by atoms with Crippen LogP contribution in [0.4, 0.5) is 0 Å². The van der Waals surface area contributed by atoms with Crippen LogP contribution in [0.25, 0.3) is 0 Å². The minimum Gasteiger partial charge on any atom is -0.338 e. The van der Waals surface area contributed by atoms with Gasteiger partial charge in [-0.15, -0.1) is 11.8 Å². The number of aromatic nitrogens is 2. The lowest BCUT2D eigenvalue weighted by Gasteiger charge is -1.98. The summed E-state index contributed by atoms with van der Waals surface area (Å²) in [6.45, 7) is 2.08. The minimum atomic E-state index is 0.624. The topological polar surface area (TPSA) is 56.0 Å². The van der Waals surface area contributed by atoms with E-state index in [4.69, 9.17) is 4.52 Å². The molecule has 1 aromatic heterocycles. The van der Waals surface area contributed by atoms with E-state index in [0.29, 0.717) is 17.2 Å². The van der Waals surface area contributed by atoms with E-state index in [9.17, 15) is 4.79 Å². The predicted molar refractivity (Wildman–Crippen MR) is 69.7 cm³/mol. The molecule has 0 saturated carbocycles. The third-order valence-corrected chi connectivity index (χ3v) is 3.32. The van der Waals surface area contributed by atoms with Gasteiger partial charge in [0, 0.05) is 16.9 Å². The molecule has 4 nitrogen and oxygen atoms in total. The van der Waals surface area contributed by atoms with Crippen molar-refractivity contribution in [2.45, 2.75) is 30.4 Å². The number of carbonyl (C=O) groups is 1. The fraction of sp³-hybridized carbons (Fsp3) is 0.308. The molecule has 0 amide bonds. The van der Waals surface area contributed by atoms with Crippen molar-refractivity contribution in [3.63, 3.8) is 0 Å². The molecule has 0 saturated heterocycles. The van der Waals surface area contributed by atoms with Crippen LogP contribution in [0.2, 0.25) is 0 Å². The first-order valence-corrected chi connectivity index (χ1v) is 6.80. The van der Waals surface area contributed by atoms with Crippen LogP contribution in [-0.2, 0) is 12.2 Å². The summed E-state index contributed by atoms with van der Waals surface area (Å²) in [7, 11) is 0. The highest BCUT2D eigenvalue weighted by atomic mass is 32.2. The van der Waals surface area contributed by atoms with Crippen molar-refractivity contribution in [3.8, 4) is 0 Å². The maximum atomic E-state index is 10.7. The predicted octanol–water partition coefficient (Wildman–Crippen LogP) is 3.13. The van der Waals surface area contributed by atoms with Crippen molar-refractivity contribution < 1.29 is 9.32 Å². The normalized spacial score (nSPS) is 10.5. The lowest BCUT2D eigenvalue weighted by molar-refractivity contribution is 0.112. The highest BCUT2D eigenvalue weighted by Crippen LogP contribution is 2.22. The third kappa shape index (κ3) is 3.43. The van der Waals surface area contributed by atoms with Gasteiger partial charge in [-0.05, 0) is 18.6 Å². The zero-order valence-corrected chi connectivity index (χ0v) is 10.9. The monoisotopic (exact) mass is 262 g/mol. The van der Waals surface area contributed by atoms with Crippen LogP contribution in [0.5, 0.6) is 0 Å². The molecule has 0 aliphatic carbocycles. The second-order valence-corrected chi connectivity index (χ2v) is 4.88. The smallest absolute Gasteiger partial charge is 0.237 e. The van der Waals surface area contributed by atoms with Gasteiger partial charge in [-0.2, -0.15) is 4.98 Å². The fourth-order valence-electron chi connectivity index (χ4n) is 1.50. The number of carbonyl (C=O) groups excluding carboxylic acids is 1. The molecule has 0 bridgehead atoms. The van der Waals surface area contributed by atoms with Gasteiger partial charge in [-0.3, -0.25) is 4.79 Å². The van der Waals surface area contributed by atoms with E-state index in [1.165, 1.54) is 0 Å². The second kappa shape index (κ2) is 6.35. The molecule has 1 heterocycles. The number of nitrogens with zero attached hydrogens (tertiary/aromatic N) is 2. The maximum absolute atomic E-state index is 10.7. The summed E-state index contributed by atoms with van der Waals surface area (Å²) >= 11 is 1.58. The van der Waals surface area contributed by atoms with Crippen molar-refractivity contribution in [1.82, 2.24) is 10.1 Å². The van der Waals surface area contributed by atoms with Crippen LogP contribution in [0.15, 0.2) is 33.7 Å². The van der Waals surface area contributed by atoms with Crippen LogP contribution >= 0.6 is 11.8 Å². The van der Waals surface area contributed by atoms with Gasteiger partial charge < -0.3 is 4.52 Å². The molecule has 0 radical (unpaired) electrons. The molecule has 2 aromatic rings. The molecule has 0 N–H and O–H groups in total. The Morgan fingerprint density at radius 1 is 1.44 bits per heavy atom. The van der Waals surface area contributed by atoms with Gasteiger partial charge >= 0.3 is 0 Å². The first-order chi connectivity index (χ1) is 8.81. The molecule has 94 valence electrons. The summed E-state index contributed by atoms with van der Waals surface area (Å²) in [5, 5.41) is 3.90. The Balaban J connectivity index is 1.95. The summed E-state index contributed by atoms with van der Waals surface area (Å²) in [4.78, 5) is 16.0. The van der Waals surface area contributed by atoms with Crippen LogP contribution < -0.4 is 0 Å². The van der Waals surface area contributed by atoms with Gasteiger partial charge in [-0.1, -0.05) is 24.2 Å². The molecular weight excluding hydrogens is 248 g/mol. The van der Waals surface area contributed by atoms with E-state index in [0.717, 1.165) is 29.8 Å². The summed E-state index contributed by atoms with van der Waals surface area (Å²) in [5.74, 6) is 2.01. The van der Waals surface area contributed by atoms with E-state index in [1.54, 1.807) is 17.8 Å². The summed E-state index contributed by atoms with van der Waals surface area (Å²) in [5.41, 5.74) is 0.678. The molecule has 2 rings (SSSR count). The number of hydrogen-bond acceptors (Lipinski definition) is 5. The third-order valence-electron chi connectivity index (χ3n) is 2.34. The largest absolute Gasteiger partial charge is 0.338 e. The molecular formula is C13H14N2O2S. The van der Waals surface area contributed by atoms with Gasteiger partial charge in [0.25, 0.3) is 0 Å². The van der Waals surface area contributed by atoms with Gasteiger partial charge in [0.05, 0.1) is 5.75 Å². The van der Waals surface area contributed by atoms with E-state index in [2.05, 4.69) is 17.1 Å². The van der Waals surface area contributed by atoms with Gasteiger partial charge in [0.15, 0.2) is 5.82 Å². The van der Waals surface area contributed by atoms with E-state index in [-0.39, 0.29) is 0 Å². The SMILES string of the molecule is CCCc1noc(CSc2cccc(C=O)c2)n1. The Hall–Kier alpha value is -1.62. The van der Waals surface area contributed by atoms with Crippen molar-refractivity contribution in [1.29, 1.82) is 0 Å². The van der Waals surface area contributed by atoms with Crippen LogP contribution in [0.3, 0.4) is 0 Å².